The SMILES string of the molecule is CC(C)c1c(N)nnn1-c1ccc(I)cc1Cl. The van der Waals surface area contributed by atoms with Crippen LogP contribution in [-0.2, 0) is 0 Å². The van der Waals surface area contributed by atoms with Gasteiger partial charge >= 0.3 is 0 Å². The van der Waals surface area contributed by atoms with Crippen LogP contribution in [-0.4, -0.2) is 15.0 Å². The van der Waals surface area contributed by atoms with Gasteiger partial charge in [0.15, 0.2) is 5.82 Å². The summed E-state index contributed by atoms with van der Waals surface area (Å²) in [5.74, 6) is 0.690. The van der Waals surface area contributed by atoms with E-state index >= 15 is 0 Å². The molecule has 0 saturated carbocycles. The van der Waals surface area contributed by atoms with Crippen LogP contribution in [0, 0.1) is 3.57 Å². The number of rotatable bonds is 2. The van der Waals surface area contributed by atoms with Gasteiger partial charge in [0.05, 0.1) is 16.4 Å². The van der Waals surface area contributed by atoms with E-state index in [1.54, 1.807) is 4.68 Å². The Bertz CT molecular complexity index is 550. The van der Waals surface area contributed by atoms with Crippen LogP contribution in [0.2, 0.25) is 5.02 Å². The smallest absolute Gasteiger partial charge is 0.169 e. The molecule has 17 heavy (non-hydrogen) atoms. The number of halogens is 2. The summed E-state index contributed by atoms with van der Waals surface area (Å²) in [7, 11) is 0. The van der Waals surface area contributed by atoms with Gasteiger partial charge in [-0.15, -0.1) is 5.10 Å². The van der Waals surface area contributed by atoms with Gasteiger partial charge in [-0.3, -0.25) is 0 Å². The van der Waals surface area contributed by atoms with E-state index in [0.29, 0.717) is 10.8 Å². The number of hydrogen-bond donors (Lipinski definition) is 1. The standard InChI is InChI=1S/C11H12ClIN4/c1-6(2)10-11(14)15-16-17(10)9-4-3-7(13)5-8(9)12/h3-6H,14H2,1-2H3. The molecule has 0 unspecified atom stereocenters. The Morgan fingerprint density at radius 1 is 1.41 bits per heavy atom. The molecule has 2 N–H and O–H groups in total. The van der Waals surface area contributed by atoms with Crippen molar-refractivity contribution in [2.24, 2.45) is 0 Å². The first kappa shape index (κ1) is 12.6. The minimum Gasteiger partial charge on any atom is -0.381 e. The normalized spacial score (nSPS) is 11.1. The van der Waals surface area contributed by atoms with Crippen molar-refractivity contribution in [3.8, 4) is 5.69 Å². The highest BCUT2D eigenvalue weighted by molar-refractivity contribution is 14.1. The molecule has 0 saturated heterocycles. The summed E-state index contributed by atoms with van der Waals surface area (Å²) in [5.41, 5.74) is 7.51. The highest BCUT2D eigenvalue weighted by atomic mass is 127. The molecule has 0 aliphatic carbocycles. The molecule has 0 spiro atoms. The van der Waals surface area contributed by atoms with Crippen molar-refractivity contribution in [2.75, 3.05) is 5.73 Å². The molecule has 0 bridgehead atoms. The summed E-state index contributed by atoms with van der Waals surface area (Å²) in [5, 5.41) is 8.60. The van der Waals surface area contributed by atoms with Gasteiger partial charge in [-0.1, -0.05) is 30.7 Å². The molecule has 0 amide bonds. The predicted molar refractivity (Wildman–Crippen MR) is 77.6 cm³/mol. The van der Waals surface area contributed by atoms with Crippen LogP contribution in [0.15, 0.2) is 18.2 Å². The van der Waals surface area contributed by atoms with E-state index in [1.165, 1.54) is 0 Å². The van der Waals surface area contributed by atoms with Crippen LogP contribution in [0.5, 0.6) is 0 Å². The summed E-state index contributed by atoms with van der Waals surface area (Å²) in [6.07, 6.45) is 0. The Balaban J connectivity index is 2.61. The maximum atomic E-state index is 6.22. The average molecular weight is 363 g/mol. The monoisotopic (exact) mass is 362 g/mol. The van der Waals surface area contributed by atoms with E-state index in [4.69, 9.17) is 17.3 Å². The van der Waals surface area contributed by atoms with Gasteiger partial charge < -0.3 is 5.73 Å². The Hall–Kier alpha value is -0.820. The van der Waals surface area contributed by atoms with E-state index in [-0.39, 0.29) is 5.92 Å². The van der Waals surface area contributed by atoms with Crippen LogP contribution < -0.4 is 5.73 Å². The first-order chi connectivity index (χ1) is 8.00. The predicted octanol–water partition coefficient (Wildman–Crippen LogP) is 3.23. The van der Waals surface area contributed by atoms with Crippen molar-refractivity contribution in [1.29, 1.82) is 0 Å². The fourth-order valence-electron chi connectivity index (χ4n) is 1.67. The molecule has 1 aromatic heterocycles. The van der Waals surface area contributed by atoms with Crippen molar-refractivity contribution in [3.63, 3.8) is 0 Å². The zero-order chi connectivity index (χ0) is 12.6. The number of aromatic nitrogens is 3. The molecule has 0 fully saturated rings. The summed E-state index contributed by atoms with van der Waals surface area (Å²) in [6, 6.07) is 5.79. The summed E-state index contributed by atoms with van der Waals surface area (Å²) in [4.78, 5) is 0. The molecule has 0 aliphatic heterocycles. The molecule has 0 radical (unpaired) electrons. The lowest BCUT2D eigenvalue weighted by Gasteiger charge is -2.11. The number of hydrogen-bond acceptors (Lipinski definition) is 3. The van der Waals surface area contributed by atoms with E-state index in [9.17, 15) is 0 Å². The topological polar surface area (TPSA) is 56.7 Å². The molecule has 6 heteroatoms. The number of nitrogens with two attached hydrogens (primary N) is 1. The van der Waals surface area contributed by atoms with Gasteiger partial charge in [0.1, 0.15) is 0 Å². The lowest BCUT2D eigenvalue weighted by Crippen LogP contribution is -2.06. The molecule has 1 aromatic carbocycles. The quantitative estimate of drug-likeness (QED) is 0.835. The molecule has 0 aliphatic rings. The highest BCUT2D eigenvalue weighted by Crippen LogP contribution is 2.27. The second-order valence-electron chi connectivity index (χ2n) is 4.02. The number of nitrogens with zero attached hydrogens (tertiary/aromatic N) is 3. The molecular formula is C11H12ClIN4. The zero-order valence-electron chi connectivity index (χ0n) is 9.48. The lowest BCUT2D eigenvalue weighted by atomic mass is 10.1. The fourth-order valence-corrected chi connectivity index (χ4v) is 2.61. The van der Waals surface area contributed by atoms with Crippen molar-refractivity contribution >= 4 is 40.0 Å². The van der Waals surface area contributed by atoms with Gasteiger partial charge in [0, 0.05) is 3.57 Å². The Kier molecular flexibility index (Phi) is 3.58. The Labute approximate surface area is 118 Å². The Morgan fingerprint density at radius 2 is 2.12 bits per heavy atom. The average Bonchev–Trinajstić information content (AvgIpc) is 2.60. The fraction of sp³-hybridized carbons (Fsp3) is 0.273. The largest absolute Gasteiger partial charge is 0.381 e. The van der Waals surface area contributed by atoms with Crippen molar-refractivity contribution < 1.29 is 0 Å². The minimum absolute atomic E-state index is 0.236. The Morgan fingerprint density at radius 3 is 2.71 bits per heavy atom. The number of nitrogen functional groups attached to an aromatic ring is 1. The van der Waals surface area contributed by atoms with Gasteiger partial charge in [0.2, 0.25) is 0 Å². The van der Waals surface area contributed by atoms with E-state index < -0.39 is 0 Å². The van der Waals surface area contributed by atoms with Gasteiger partial charge in [-0.2, -0.15) is 0 Å². The summed E-state index contributed by atoms with van der Waals surface area (Å²) in [6.45, 7) is 4.10. The maximum absolute atomic E-state index is 6.22. The van der Waals surface area contributed by atoms with Crippen molar-refractivity contribution in [2.45, 2.75) is 19.8 Å². The van der Waals surface area contributed by atoms with Gasteiger partial charge in [-0.25, -0.2) is 4.68 Å². The molecule has 1 heterocycles. The third kappa shape index (κ3) is 2.40. The minimum atomic E-state index is 0.236. The number of anilines is 1. The molecule has 0 atom stereocenters. The van der Waals surface area contributed by atoms with Crippen LogP contribution in [0.4, 0.5) is 5.82 Å². The van der Waals surface area contributed by atoms with E-state index in [1.807, 2.05) is 32.0 Å². The van der Waals surface area contributed by atoms with Crippen LogP contribution in [0.25, 0.3) is 5.69 Å². The van der Waals surface area contributed by atoms with Crippen LogP contribution in [0.3, 0.4) is 0 Å². The summed E-state index contributed by atoms with van der Waals surface area (Å²) >= 11 is 8.43. The molecule has 2 rings (SSSR count). The maximum Gasteiger partial charge on any atom is 0.169 e. The van der Waals surface area contributed by atoms with Crippen molar-refractivity contribution in [3.05, 3.63) is 32.5 Å². The van der Waals surface area contributed by atoms with Gasteiger partial charge in [-0.05, 0) is 46.7 Å². The molecule has 2 aromatic rings. The first-order valence-electron chi connectivity index (χ1n) is 5.17. The highest BCUT2D eigenvalue weighted by Gasteiger charge is 2.16. The second-order valence-corrected chi connectivity index (χ2v) is 5.67. The van der Waals surface area contributed by atoms with Crippen LogP contribution >= 0.6 is 34.2 Å². The number of benzene rings is 1. The zero-order valence-corrected chi connectivity index (χ0v) is 12.4. The van der Waals surface area contributed by atoms with Gasteiger partial charge in [0.25, 0.3) is 0 Å². The second kappa shape index (κ2) is 4.81. The van der Waals surface area contributed by atoms with Crippen molar-refractivity contribution in [1.82, 2.24) is 15.0 Å². The van der Waals surface area contributed by atoms with E-state index in [2.05, 4.69) is 32.9 Å². The third-order valence-corrected chi connectivity index (χ3v) is 3.39. The van der Waals surface area contributed by atoms with Crippen LogP contribution in [0.1, 0.15) is 25.5 Å². The van der Waals surface area contributed by atoms with E-state index in [0.717, 1.165) is 15.0 Å². The molecule has 4 nitrogen and oxygen atoms in total. The molecule has 90 valence electrons. The third-order valence-electron chi connectivity index (χ3n) is 2.42. The lowest BCUT2D eigenvalue weighted by molar-refractivity contribution is 0.716. The first-order valence-corrected chi connectivity index (χ1v) is 6.63. The summed E-state index contributed by atoms with van der Waals surface area (Å²) < 4.78 is 2.79. The molecular weight excluding hydrogens is 351 g/mol.